The van der Waals surface area contributed by atoms with Gasteiger partial charge in [0.05, 0.1) is 0 Å². The Labute approximate surface area is 143 Å². The zero-order valence-corrected chi connectivity index (χ0v) is 17.8. The lowest BCUT2D eigenvalue weighted by molar-refractivity contribution is 0.352. The third-order valence-corrected chi connectivity index (χ3v) is 8.29. The molecule has 0 spiro atoms. The lowest BCUT2D eigenvalue weighted by Crippen LogP contribution is -2.07. The van der Waals surface area contributed by atoms with Crippen molar-refractivity contribution >= 4 is 0 Å². The molecule has 0 aromatic carbocycles. The van der Waals surface area contributed by atoms with Crippen LogP contribution in [0.25, 0.3) is 0 Å². The van der Waals surface area contributed by atoms with Crippen molar-refractivity contribution in [1.82, 2.24) is 0 Å². The normalized spacial score (nSPS) is 50.5. The van der Waals surface area contributed by atoms with Gasteiger partial charge in [-0.15, -0.1) is 0 Å². The maximum absolute atomic E-state index is 2.40. The highest BCUT2D eigenvalue weighted by atomic mass is 14.4. The van der Waals surface area contributed by atoms with E-state index in [1.807, 2.05) is 0 Å². The number of hydrogen-bond acceptors (Lipinski definition) is 0. The SMILES string of the molecule is CC1C(C)C(C)C(C)C1C.CC1C(C)C(C)C(C)C1C.[CH3-].[CH3-]. The van der Waals surface area contributed by atoms with E-state index in [0.717, 1.165) is 59.2 Å². The predicted octanol–water partition coefficient (Wildman–Crippen LogP) is 7.26. The smallest absolute Gasteiger partial charge is 0.0386 e. The summed E-state index contributed by atoms with van der Waals surface area (Å²) in [6, 6.07) is 0. The molecule has 136 valence electrons. The summed E-state index contributed by atoms with van der Waals surface area (Å²) < 4.78 is 0. The minimum absolute atomic E-state index is 0. The van der Waals surface area contributed by atoms with E-state index >= 15 is 0 Å². The van der Waals surface area contributed by atoms with Crippen LogP contribution in [0.4, 0.5) is 0 Å². The molecule has 0 saturated heterocycles. The second kappa shape index (κ2) is 9.33. The third-order valence-electron chi connectivity index (χ3n) is 8.29. The van der Waals surface area contributed by atoms with Gasteiger partial charge in [0.2, 0.25) is 0 Å². The largest absolute Gasteiger partial charge is 0.358 e. The van der Waals surface area contributed by atoms with Gasteiger partial charge in [0.15, 0.2) is 0 Å². The average Bonchev–Trinajstić information content (AvgIpc) is 2.71. The lowest BCUT2D eigenvalue weighted by Gasteiger charge is -2.14. The highest BCUT2D eigenvalue weighted by molar-refractivity contribution is 4.87. The van der Waals surface area contributed by atoms with Crippen molar-refractivity contribution in [1.29, 1.82) is 0 Å². The van der Waals surface area contributed by atoms with Crippen molar-refractivity contribution in [3.63, 3.8) is 0 Å². The first-order chi connectivity index (χ1) is 9.11. The third kappa shape index (κ3) is 4.51. The first-order valence-electron chi connectivity index (χ1n) is 9.11. The van der Waals surface area contributed by atoms with Crippen molar-refractivity contribution in [2.75, 3.05) is 0 Å². The van der Waals surface area contributed by atoms with Crippen LogP contribution in [-0.2, 0) is 0 Å². The van der Waals surface area contributed by atoms with Gasteiger partial charge in [-0.1, -0.05) is 69.2 Å². The van der Waals surface area contributed by atoms with E-state index in [-0.39, 0.29) is 14.9 Å². The molecule has 2 fully saturated rings. The fraction of sp³-hybridized carbons (Fsp3) is 0.909. The van der Waals surface area contributed by atoms with Crippen molar-refractivity contribution in [2.45, 2.75) is 69.2 Å². The molecule has 2 rings (SSSR count). The summed E-state index contributed by atoms with van der Waals surface area (Å²) in [5.74, 6) is 9.35. The quantitative estimate of drug-likeness (QED) is 0.413. The zero-order valence-electron chi connectivity index (χ0n) is 17.8. The number of hydrogen-bond donors (Lipinski definition) is 0. The molecule has 0 unspecified atom stereocenters. The molecule has 0 radical (unpaired) electrons. The summed E-state index contributed by atoms with van der Waals surface area (Å²) in [5.41, 5.74) is 0. The van der Waals surface area contributed by atoms with E-state index in [2.05, 4.69) is 69.2 Å². The molecule has 0 amide bonds. The van der Waals surface area contributed by atoms with E-state index in [0.29, 0.717) is 0 Å². The van der Waals surface area contributed by atoms with E-state index < -0.39 is 0 Å². The Balaban J connectivity index is 0. The van der Waals surface area contributed by atoms with Gasteiger partial charge in [-0.2, -0.15) is 0 Å². The van der Waals surface area contributed by atoms with E-state index in [4.69, 9.17) is 0 Å². The van der Waals surface area contributed by atoms with Crippen LogP contribution < -0.4 is 0 Å². The maximum Gasteiger partial charge on any atom is -0.0386 e. The van der Waals surface area contributed by atoms with E-state index in [9.17, 15) is 0 Å². The maximum atomic E-state index is 2.40. The van der Waals surface area contributed by atoms with Gasteiger partial charge >= 0.3 is 0 Å². The zero-order chi connectivity index (χ0) is 15.8. The molecule has 22 heavy (non-hydrogen) atoms. The number of rotatable bonds is 0. The Morgan fingerprint density at radius 2 is 0.273 bits per heavy atom. The van der Waals surface area contributed by atoms with E-state index in [1.54, 1.807) is 0 Å². The molecule has 2 aliphatic rings. The van der Waals surface area contributed by atoms with Crippen LogP contribution in [0, 0.1) is 74.0 Å². The summed E-state index contributed by atoms with van der Waals surface area (Å²) in [6.07, 6.45) is 0. The lowest BCUT2D eigenvalue weighted by atomic mass is 9.92. The molecule has 0 N–H and O–H groups in total. The minimum Gasteiger partial charge on any atom is -0.358 e. The van der Waals surface area contributed by atoms with Gasteiger partial charge in [-0.25, -0.2) is 0 Å². The van der Waals surface area contributed by atoms with Gasteiger partial charge in [-0.05, 0) is 59.2 Å². The molecule has 0 nitrogen and oxygen atoms in total. The summed E-state index contributed by atoms with van der Waals surface area (Å²) in [7, 11) is 0. The van der Waals surface area contributed by atoms with Gasteiger partial charge in [0.1, 0.15) is 0 Å². The fourth-order valence-electron chi connectivity index (χ4n) is 4.79. The monoisotopic (exact) mass is 310 g/mol. The van der Waals surface area contributed by atoms with Gasteiger partial charge < -0.3 is 14.9 Å². The van der Waals surface area contributed by atoms with Crippen molar-refractivity contribution in [2.24, 2.45) is 59.2 Å². The molecule has 0 aromatic rings. The Hall–Kier alpha value is 0. The van der Waals surface area contributed by atoms with Crippen LogP contribution in [-0.4, -0.2) is 0 Å². The average molecular weight is 311 g/mol. The van der Waals surface area contributed by atoms with Crippen LogP contribution in [0.2, 0.25) is 0 Å². The summed E-state index contributed by atoms with van der Waals surface area (Å²) >= 11 is 0. The van der Waals surface area contributed by atoms with Crippen LogP contribution >= 0.6 is 0 Å². The molecule has 0 heterocycles. The molecule has 2 aliphatic carbocycles. The highest BCUT2D eigenvalue weighted by Crippen LogP contribution is 2.45. The Morgan fingerprint density at radius 1 is 0.227 bits per heavy atom. The Bertz CT molecular complexity index is 175. The first kappa shape index (κ1) is 24.3. The molecule has 0 bridgehead atoms. The Kier molecular flexibility index (Phi) is 10.3. The van der Waals surface area contributed by atoms with Crippen LogP contribution in [0.3, 0.4) is 0 Å². The fourth-order valence-corrected chi connectivity index (χ4v) is 4.79. The molecule has 0 atom stereocenters. The minimum atomic E-state index is 0. The molecular formula is C22H46-2. The van der Waals surface area contributed by atoms with Crippen LogP contribution in [0.1, 0.15) is 69.2 Å². The van der Waals surface area contributed by atoms with Gasteiger partial charge in [0.25, 0.3) is 0 Å². The van der Waals surface area contributed by atoms with Gasteiger partial charge in [0, 0.05) is 0 Å². The second-order valence-electron chi connectivity index (χ2n) is 8.59. The predicted molar refractivity (Wildman–Crippen MR) is 104 cm³/mol. The standard InChI is InChI=1S/2C10H20.2CH3/c2*1-6-7(2)9(4)10(5)8(6)3;;/h2*6-10H,1-5H3;2*1H3/q;;2*-1. The van der Waals surface area contributed by atoms with Crippen LogP contribution in [0.15, 0.2) is 0 Å². The molecular weight excluding hydrogens is 264 g/mol. The van der Waals surface area contributed by atoms with E-state index in [1.165, 1.54) is 0 Å². The molecule has 0 heteroatoms. The Morgan fingerprint density at radius 3 is 0.318 bits per heavy atom. The van der Waals surface area contributed by atoms with Gasteiger partial charge in [-0.3, -0.25) is 0 Å². The van der Waals surface area contributed by atoms with Crippen molar-refractivity contribution in [3.8, 4) is 0 Å². The van der Waals surface area contributed by atoms with Crippen molar-refractivity contribution < 1.29 is 0 Å². The first-order valence-corrected chi connectivity index (χ1v) is 9.11. The van der Waals surface area contributed by atoms with Crippen molar-refractivity contribution in [3.05, 3.63) is 14.9 Å². The molecule has 2 saturated carbocycles. The molecule has 0 aliphatic heterocycles. The highest BCUT2D eigenvalue weighted by Gasteiger charge is 2.39. The second-order valence-corrected chi connectivity index (χ2v) is 8.59. The summed E-state index contributed by atoms with van der Waals surface area (Å²) in [5, 5.41) is 0. The topological polar surface area (TPSA) is 0 Å². The molecule has 0 aromatic heterocycles. The summed E-state index contributed by atoms with van der Waals surface area (Å²) in [6.45, 7) is 24.0. The van der Waals surface area contributed by atoms with Crippen LogP contribution in [0.5, 0.6) is 0 Å². The summed E-state index contributed by atoms with van der Waals surface area (Å²) in [4.78, 5) is 0.